The Hall–Kier alpha value is -2.21. The number of hydrogen-bond donors (Lipinski definition) is 0. The van der Waals surface area contributed by atoms with E-state index in [1.54, 1.807) is 4.90 Å². The molecule has 0 fully saturated rings. The van der Waals surface area contributed by atoms with Gasteiger partial charge >= 0.3 is 0 Å². The molecule has 0 radical (unpaired) electrons. The molecule has 1 aromatic carbocycles. The first-order valence-corrected chi connectivity index (χ1v) is 8.04. The fourth-order valence-electron chi connectivity index (χ4n) is 2.79. The van der Waals surface area contributed by atoms with Crippen LogP contribution in [0.5, 0.6) is 0 Å². The van der Waals surface area contributed by atoms with E-state index in [9.17, 15) is 4.79 Å². The molecule has 2 heterocycles. The molecule has 0 saturated heterocycles. The number of hydrogen-bond acceptors (Lipinski definition) is 4. The third kappa shape index (κ3) is 3.42. The molecule has 2 aromatic rings. The van der Waals surface area contributed by atoms with Crippen molar-refractivity contribution in [1.82, 2.24) is 19.7 Å². The van der Waals surface area contributed by atoms with Gasteiger partial charge in [0.1, 0.15) is 11.9 Å². The highest BCUT2D eigenvalue weighted by molar-refractivity contribution is 5.80. The summed E-state index contributed by atoms with van der Waals surface area (Å²) in [5.41, 5.74) is 1.07. The molecule has 1 amide bonds. The maximum Gasteiger partial charge on any atom is 0.251 e. The van der Waals surface area contributed by atoms with Gasteiger partial charge in [-0.2, -0.15) is 0 Å². The fraction of sp³-hybridized carbons (Fsp3) is 0.471. The molecule has 0 saturated carbocycles. The van der Waals surface area contributed by atoms with E-state index in [1.807, 2.05) is 37.3 Å². The number of carbonyl (C=O) groups excluding carboxylic acids is 1. The molecule has 6 nitrogen and oxygen atoms in total. The standard InChI is InChI=1S/C17H22N4O2/c1-3-15-18-19-16-11-20(9-10-21(15)16)17(22)13(2)23-12-14-7-5-4-6-8-14/h4-8,13H,3,9-12H2,1-2H3/t13-/m0/s1. The Kier molecular flexibility index (Phi) is 4.71. The number of benzene rings is 1. The zero-order chi connectivity index (χ0) is 16.2. The monoisotopic (exact) mass is 314 g/mol. The van der Waals surface area contributed by atoms with Crippen molar-refractivity contribution >= 4 is 5.91 Å². The molecule has 6 heteroatoms. The van der Waals surface area contributed by atoms with E-state index in [4.69, 9.17) is 4.74 Å². The van der Waals surface area contributed by atoms with Crippen molar-refractivity contribution < 1.29 is 9.53 Å². The molecule has 0 N–H and O–H groups in total. The molecule has 0 aliphatic carbocycles. The molecule has 0 unspecified atom stereocenters. The normalized spacial score (nSPS) is 15.3. The van der Waals surface area contributed by atoms with Crippen molar-refractivity contribution in [3.63, 3.8) is 0 Å². The number of rotatable bonds is 5. The number of nitrogens with zero attached hydrogens (tertiary/aromatic N) is 4. The second kappa shape index (κ2) is 6.91. The number of fused-ring (bicyclic) bond motifs is 1. The van der Waals surface area contributed by atoms with Crippen molar-refractivity contribution in [1.29, 1.82) is 0 Å². The maximum absolute atomic E-state index is 12.5. The van der Waals surface area contributed by atoms with Crippen LogP contribution in [-0.4, -0.2) is 38.2 Å². The molecule has 122 valence electrons. The lowest BCUT2D eigenvalue weighted by molar-refractivity contribution is -0.145. The van der Waals surface area contributed by atoms with Crippen molar-refractivity contribution in [3.05, 3.63) is 47.5 Å². The highest BCUT2D eigenvalue weighted by Crippen LogP contribution is 2.15. The number of amides is 1. The summed E-state index contributed by atoms with van der Waals surface area (Å²) in [6, 6.07) is 9.88. The van der Waals surface area contributed by atoms with E-state index in [2.05, 4.69) is 21.7 Å². The van der Waals surface area contributed by atoms with Gasteiger partial charge in [-0.05, 0) is 12.5 Å². The van der Waals surface area contributed by atoms with Crippen LogP contribution in [0.4, 0.5) is 0 Å². The van der Waals surface area contributed by atoms with Gasteiger partial charge < -0.3 is 14.2 Å². The van der Waals surface area contributed by atoms with E-state index in [1.165, 1.54) is 0 Å². The molecule has 1 atom stereocenters. The average molecular weight is 314 g/mol. The first-order chi connectivity index (χ1) is 11.2. The van der Waals surface area contributed by atoms with Gasteiger partial charge in [-0.1, -0.05) is 37.3 Å². The third-order valence-electron chi connectivity index (χ3n) is 4.15. The lowest BCUT2D eigenvalue weighted by Gasteiger charge is -2.29. The second-order valence-electron chi connectivity index (χ2n) is 5.74. The largest absolute Gasteiger partial charge is 0.364 e. The topological polar surface area (TPSA) is 60.2 Å². The van der Waals surface area contributed by atoms with E-state index in [0.29, 0.717) is 19.7 Å². The van der Waals surface area contributed by atoms with Crippen LogP contribution in [0.2, 0.25) is 0 Å². The van der Waals surface area contributed by atoms with Gasteiger partial charge in [0.25, 0.3) is 5.91 Å². The van der Waals surface area contributed by atoms with Gasteiger partial charge in [-0.25, -0.2) is 0 Å². The SMILES string of the molecule is CCc1nnc2n1CCN(C(=O)[C@H](C)OCc1ccccc1)C2. The Labute approximate surface area is 136 Å². The van der Waals surface area contributed by atoms with Gasteiger partial charge in [-0.15, -0.1) is 10.2 Å². The maximum atomic E-state index is 12.5. The summed E-state index contributed by atoms with van der Waals surface area (Å²) >= 11 is 0. The Morgan fingerprint density at radius 1 is 1.26 bits per heavy atom. The summed E-state index contributed by atoms with van der Waals surface area (Å²) in [6.07, 6.45) is 0.396. The van der Waals surface area contributed by atoms with Gasteiger partial charge in [-0.3, -0.25) is 4.79 Å². The van der Waals surface area contributed by atoms with Gasteiger partial charge in [0.05, 0.1) is 13.2 Å². The summed E-state index contributed by atoms with van der Waals surface area (Å²) in [5, 5.41) is 8.37. The summed E-state index contributed by atoms with van der Waals surface area (Å²) in [4.78, 5) is 14.4. The zero-order valence-electron chi connectivity index (χ0n) is 13.6. The molecule has 1 aliphatic heterocycles. The third-order valence-corrected chi connectivity index (χ3v) is 4.15. The summed E-state index contributed by atoms with van der Waals surface area (Å²) < 4.78 is 7.83. The number of carbonyl (C=O) groups is 1. The Morgan fingerprint density at radius 2 is 2.04 bits per heavy atom. The van der Waals surface area contributed by atoms with Crippen LogP contribution in [-0.2, 0) is 35.6 Å². The lowest BCUT2D eigenvalue weighted by Crippen LogP contribution is -2.43. The van der Waals surface area contributed by atoms with Crippen LogP contribution < -0.4 is 0 Å². The van der Waals surface area contributed by atoms with Crippen LogP contribution in [0, 0.1) is 0 Å². The molecular formula is C17H22N4O2. The van der Waals surface area contributed by atoms with E-state index >= 15 is 0 Å². The molecular weight excluding hydrogens is 292 g/mol. The Morgan fingerprint density at radius 3 is 2.78 bits per heavy atom. The number of aromatic nitrogens is 3. The van der Waals surface area contributed by atoms with E-state index in [0.717, 1.165) is 30.2 Å². The first-order valence-electron chi connectivity index (χ1n) is 8.04. The summed E-state index contributed by atoms with van der Waals surface area (Å²) in [7, 11) is 0. The quantitative estimate of drug-likeness (QED) is 0.844. The molecule has 23 heavy (non-hydrogen) atoms. The Bertz CT molecular complexity index is 668. The van der Waals surface area contributed by atoms with Gasteiger partial charge in [0.2, 0.25) is 0 Å². The smallest absolute Gasteiger partial charge is 0.251 e. The molecule has 0 spiro atoms. The predicted molar refractivity (Wildman–Crippen MR) is 85.5 cm³/mol. The highest BCUT2D eigenvalue weighted by atomic mass is 16.5. The fourth-order valence-corrected chi connectivity index (χ4v) is 2.79. The van der Waals surface area contributed by atoms with Crippen LogP contribution >= 0.6 is 0 Å². The minimum absolute atomic E-state index is 0.00762. The van der Waals surface area contributed by atoms with Crippen molar-refractivity contribution in [2.45, 2.75) is 46.1 Å². The van der Waals surface area contributed by atoms with Crippen LogP contribution in [0.3, 0.4) is 0 Å². The van der Waals surface area contributed by atoms with Crippen LogP contribution in [0.15, 0.2) is 30.3 Å². The molecule has 1 aliphatic rings. The van der Waals surface area contributed by atoms with Crippen LogP contribution in [0.25, 0.3) is 0 Å². The zero-order valence-corrected chi connectivity index (χ0v) is 13.6. The van der Waals surface area contributed by atoms with E-state index in [-0.39, 0.29) is 5.91 Å². The number of ether oxygens (including phenoxy) is 1. The molecule has 3 rings (SSSR count). The molecule has 0 bridgehead atoms. The van der Waals surface area contributed by atoms with Gasteiger partial charge in [0.15, 0.2) is 5.82 Å². The first kappa shape index (κ1) is 15.7. The predicted octanol–water partition coefficient (Wildman–Crippen LogP) is 1.79. The lowest BCUT2D eigenvalue weighted by atomic mass is 10.2. The average Bonchev–Trinajstić information content (AvgIpc) is 3.02. The van der Waals surface area contributed by atoms with Crippen molar-refractivity contribution in [2.75, 3.05) is 6.54 Å². The van der Waals surface area contributed by atoms with Crippen molar-refractivity contribution in [3.8, 4) is 0 Å². The summed E-state index contributed by atoms with van der Waals surface area (Å²) in [5.74, 6) is 1.85. The minimum Gasteiger partial charge on any atom is -0.364 e. The summed E-state index contributed by atoms with van der Waals surface area (Å²) in [6.45, 7) is 6.25. The minimum atomic E-state index is -0.463. The molecule has 1 aromatic heterocycles. The van der Waals surface area contributed by atoms with Gasteiger partial charge in [0, 0.05) is 19.5 Å². The van der Waals surface area contributed by atoms with E-state index < -0.39 is 6.10 Å². The van der Waals surface area contributed by atoms with Crippen LogP contribution in [0.1, 0.15) is 31.1 Å². The van der Waals surface area contributed by atoms with Crippen molar-refractivity contribution in [2.24, 2.45) is 0 Å². The Balaban J connectivity index is 1.58. The second-order valence-corrected chi connectivity index (χ2v) is 5.74. The highest BCUT2D eigenvalue weighted by Gasteiger charge is 2.27. The number of aryl methyl sites for hydroxylation is 1.